The molecule has 0 amide bonds. The molecule has 1 aliphatic carbocycles. The van der Waals surface area contributed by atoms with Gasteiger partial charge in [0.1, 0.15) is 0 Å². The number of hydrogen-bond donors (Lipinski definition) is 1. The van der Waals surface area contributed by atoms with E-state index in [4.69, 9.17) is 11.6 Å². The van der Waals surface area contributed by atoms with Gasteiger partial charge >= 0.3 is 0 Å². The molecule has 2 unspecified atom stereocenters. The van der Waals surface area contributed by atoms with Gasteiger partial charge in [-0.3, -0.25) is 0 Å². The fourth-order valence-electron chi connectivity index (χ4n) is 3.10. The zero-order valence-corrected chi connectivity index (χ0v) is 14.0. The van der Waals surface area contributed by atoms with Gasteiger partial charge in [-0.25, -0.2) is 0 Å². The van der Waals surface area contributed by atoms with Crippen LogP contribution >= 0.6 is 11.6 Å². The molecule has 0 spiro atoms. The number of aromatic nitrogens is 3. The normalized spacial score (nSPS) is 22.1. The van der Waals surface area contributed by atoms with E-state index in [0.29, 0.717) is 23.9 Å². The Balaban J connectivity index is 2.15. The summed E-state index contributed by atoms with van der Waals surface area (Å²) in [7, 11) is 0. The van der Waals surface area contributed by atoms with Crippen molar-refractivity contribution in [2.45, 2.75) is 58.9 Å². The first-order valence-corrected chi connectivity index (χ1v) is 8.48. The predicted molar refractivity (Wildman–Crippen MR) is 88.1 cm³/mol. The highest BCUT2D eigenvalue weighted by atomic mass is 35.5. The first kappa shape index (κ1) is 16.3. The van der Waals surface area contributed by atoms with Gasteiger partial charge in [0.05, 0.1) is 0 Å². The molecule has 118 valence electrons. The molecule has 1 heterocycles. The molecular formula is C15H26ClN5. The van der Waals surface area contributed by atoms with E-state index in [9.17, 15) is 0 Å². The molecule has 21 heavy (non-hydrogen) atoms. The van der Waals surface area contributed by atoms with Crippen LogP contribution in [0.4, 0.5) is 11.9 Å². The van der Waals surface area contributed by atoms with Crippen molar-refractivity contribution in [3.05, 3.63) is 5.28 Å². The number of nitrogens with zero attached hydrogens (tertiary/aromatic N) is 4. The number of hydrogen-bond acceptors (Lipinski definition) is 5. The summed E-state index contributed by atoms with van der Waals surface area (Å²) >= 11 is 6.07. The third-order valence-corrected chi connectivity index (χ3v) is 4.56. The van der Waals surface area contributed by atoms with E-state index >= 15 is 0 Å². The number of anilines is 2. The summed E-state index contributed by atoms with van der Waals surface area (Å²) in [6, 6.07) is 0.451. The fourth-order valence-corrected chi connectivity index (χ4v) is 3.26. The highest BCUT2D eigenvalue weighted by Crippen LogP contribution is 2.29. The van der Waals surface area contributed by atoms with Crippen molar-refractivity contribution in [1.29, 1.82) is 0 Å². The Bertz CT molecular complexity index is 450. The Morgan fingerprint density at radius 1 is 1.10 bits per heavy atom. The molecule has 2 atom stereocenters. The molecular weight excluding hydrogens is 286 g/mol. The Morgan fingerprint density at radius 3 is 2.48 bits per heavy atom. The monoisotopic (exact) mass is 311 g/mol. The molecule has 6 heteroatoms. The lowest BCUT2D eigenvalue weighted by Crippen LogP contribution is -2.33. The fraction of sp³-hybridized carbons (Fsp3) is 0.800. The maximum Gasteiger partial charge on any atom is 0.231 e. The molecule has 1 N–H and O–H groups in total. The Morgan fingerprint density at radius 2 is 1.81 bits per heavy atom. The summed E-state index contributed by atoms with van der Waals surface area (Å²) in [6.45, 7) is 8.14. The van der Waals surface area contributed by atoms with Gasteiger partial charge in [0.25, 0.3) is 0 Å². The highest BCUT2D eigenvalue weighted by Gasteiger charge is 2.24. The molecule has 2 rings (SSSR count). The third kappa shape index (κ3) is 4.19. The Kier molecular flexibility index (Phi) is 6.03. The second-order valence-corrected chi connectivity index (χ2v) is 5.94. The molecule has 0 bridgehead atoms. The van der Waals surface area contributed by atoms with Gasteiger partial charge in [0, 0.05) is 19.1 Å². The van der Waals surface area contributed by atoms with Gasteiger partial charge in [-0.2, -0.15) is 15.0 Å². The van der Waals surface area contributed by atoms with E-state index in [-0.39, 0.29) is 5.28 Å². The summed E-state index contributed by atoms with van der Waals surface area (Å²) in [4.78, 5) is 15.1. The molecule has 0 aromatic carbocycles. The van der Waals surface area contributed by atoms with Crippen LogP contribution in [0.3, 0.4) is 0 Å². The zero-order chi connectivity index (χ0) is 15.2. The molecule has 5 nitrogen and oxygen atoms in total. The largest absolute Gasteiger partial charge is 0.351 e. The Labute approximate surface area is 132 Å². The molecule has 1 aromatic rings. The third-order valence-electron chi connectivity index (χ3n) is 4.39. The van der Waals surface area contributed by atoms with Gasteiger partial charge in [-0.1, -0.05) is 26.2 Å². The molecule has 0 saturated heterocycles. The number of rotatable bonds is 6. The average Bonchev–Trinajstić information content (AvgIpc) is 2.48. The summed E-state index contributed by atoms with van der Waals surface area (Å²) in [5.41, 5.74) is 0. The predicted octanol–water partition coefficient (Wildman–Crippen LogP) is 3.75. The standard InChI is InChI=1S/C15H26ClN5/c1-4-11-9-7-8-10-12(11)17-14-18-13(16)19-15(20-14)21(5-2)6-3/h11-12H,4-10H2,1-3H3,(H,17,18,19,20). The maximum absolute atomic E-state index is 6.07. The van der Waals surface area contributed by atoms with Crippen LogP contribution in [-0.2, 0) is 0 Å². The summed E-state index contributed by atoms with van der Waals surface area (Å²) in [5, 5.41) is 3.76. The van der Waals surface area contributed by atoms with Crippen LogP contribution in [0.2, 0.25) is 5.28 Å². The van der Waals surface area contributed by atoms with E-state index < -0.39 is 0 Å². The van der Waals surface area contributed by atoms with Crippen molar-refractivity contribution in [1.82, 2.24) is 15.0 Å². The first-order chi connectivity index (χ1) is 10.2. The summed E-state index contributed by atoms with van der Waals surface area (Å²) in [6.07, 6.45) is 6.27. The van der Waals surface area contributed by atoms with Crippen LogP contribution in [-0.4, -0.2) is 34.1 Å². The second-order valence-electron chi connectivity index (χ2n) is 5.60. The van der Waals surface area contributed by atoms with E-state index in [1.807, 2.05) is 0 Å². The van der Waals surface area contributed by atoms with Gasteiger partial charge in [0.15, 0.2) is 0 Å². The topological polar surface area (TPSA) is 53.9 Å². The van der Waals surface area contributed by atoms with Crippen molar-refractivity contribution in [2.75, 3.05) is 23.3 Å². The average molecular weight is 312 g/mol. The quantitative estimate of drug-likeness (QED) is 0.867. The lowest BCUT2D eigenvalue weighted by atomic mass is 9.83. The van der Waals surface area contributed by atoms with Crippen molar-refractivity contribution >= 4 is 23.5 Å². The second kappa shape index (κ2) is 7.78. The van der Waals surface area contributed by atoms with E-state index in [1.165, 1.54) is 32.1 Å². The van der Waals surface area contributed by atoms with Gasteiger partial charge in [-0.05, 0) is 44.2 Å². The van der Waals surface area contributed by atoms with Crippen LogP contribution in [0.1, 0.15) is 52.9 Å². The van der Waals surface area contributed by atoms with Gasteiger partial charge in [0.2, 0.25) is 17.2 Å². The minimum atomic E-state index is 0.262. The number of halogens is 1. The number of nitrogens with one attached hydrogen (secondary N) is 1. The SMILES string of the molecule is CCC1CCCCC1Nc1nc(Cl)nc(N(CC)CC)n1. The molecule has 1 fully saturated rings. The van der Waals surface area contributed by atoms with Crippen LogP contribution in [0.15, 0.2) is 0 Å². The Hall–Kier alpha value is -1.10. The summed E-state index contributed by atoms with van der Waals surface area (Å²) in [5.74, 6) is 1.97. The highest BCUT2D eigenvalue weighted by molar-refractivity contribution is 6.28. The van der Waals surface area contributed by atoms with Crippen molar-refractivity contribution in [2.24, 2.45) is 5.92 Å². The molecule has 1 saturated carbocycles. The molecule has 0 aliphatic heterocycles. The van der Waals surface area contributed by atoms with E-state index in [2.05, 4.69) is 45.9 Å². The van der Waals surface area contributed by atoms with Crippen LogP contribution in [0.5, 0.6) is 0 Å². The maximum atomic E-state index is 6.07. The molecule has 1 aliphatic rings. The zero-order valence-electron chi connectivity index (χ0n) is 13.3. The van der Waals surface area contributed by atoms with Crippen LogP contribution < -0.4 is 10.2 Å². The van der Waals surface area contributed by atoms with Gasteiger partial charge in [-0.15, -0.1) is 0 Å². The summed E-state index contributed by atoms with van der Waals surface area (Å²) < 4.78 is 0. The molecule has 1 aromatic heterocycles. The van der Waals surface area contributed by atoms with Crippen LogP contribution in [0, 0.1) is 5.92 Å². The van der Waals surface area contributed by atoms with Crippen molar-refractivity contribution in [3.63, 3.8) is 0 Å². The lowest BCUT2D eigenvalue weighted by Gasteiger charge is -2.31. The minimum Gasteiger partial charge on any atom is -0.351 e. The first-order valence-electron chi connectivity index (χ1n) is 8.10. The minimum absolute atomic E-state index is 0.262. The van der Waals surface area contributed by atoms with E-state index in [1.54, 1.807) is 0 Å². The molecule has 0 radical (unpaired) electrons. The van der Waals surface area contributed by atoms with E-state index in [0.717, 1.165) is 13.1 Å². The van der Waals surface area contributed by atoms with Crippen LogP contribution in [0.25, 0.3) is 0 Å². The van der Waals surface area contributed by atoms with Crippen molar-refractivity contribution in [3.8, 4) is 0 Å². The van der Waals surface area contributed by atoms with Crippen molar-refractivity contribution < 1.29 is 0 Å². The lowest BCUT2D eigenvalue weighted by molar-refractivity contribution is 0.316. The van der Waals surface area contributed by atoms with Gasteiger partial charge < -0.3 is 10.2 Å². The smallest absolute Gasteiger partial charge is 0.231 e.